The summed E-state index contributed by atoms with van der Waals surface area (Å²) in [5.74, 6) is 0. The molecule has 0 unspecified atom stereocenters. The molecule has 0 nitrogen and oxygen atoms in total. The van der Waals surface area contributed by atoms with Gasteiger partial charge in [0.15, 0.2) is 0 Å². The van der Waals surface area contributed by atoms with Crippen molar-refractivity contribution in [3.63, 3.8) is 0 Å². The molecule has 0 saturated carbocycles. The monoisotopic (exact) mass is 222 g/mol. The third-order valence-electron chi connectivity index (χ3n) is 2.20. The van der Waals surface area contributed by atoms with Gasteiger partial charge in [0.25, 0.3) is 0 Å². The fraction of sp³-hybridized carbons (Fsp3) is 0.625. The van der Waals surface area contributed by atoms with Gasteiger partial charge in [-0.25, -0.2) is 0 Å². The molecule has 1 aliphatic rings. The van der Waals surface area contributed by atoms with Gasteiger partial charge in [0, 0.05) is 0 Å². The Kier molecular flexibility index (Phi) is 15.7. The Morgan fingerprint density at radius 3 is 1.38 bits per heavy atom. The second-order valence-electron chi connectivity index (χ2n) is 3.91. The molecule has 0 amide bonds. The van der Waals surface area contributed by atoms with Gasteiger partial charge in [-0.15, -0.1) is 0 Å². The Balaban J connectivity index is 0. The molecule has 0 N–H and O–H groups in total. The maximum absolute atomic E-state index is 2.24. The SMILES string of the molecule is C/C1=C/C=C(/C)CC=CC1.CC.CCCC. The minimum Gasteiger partial charge on any atom is -0.0842 e. The van der Waals surface area contributed by atoms with Crippen LogP contribution < -0.4 is 0 Å². The topological polar surface area (TPSA) is 0 Å². The summed E-state index contributed by atoms with van der Waals surface area (Å²) in [6, 6.07) is 0. The first kappa shape index (κ1) is 17.6. The first-order valence-corrected chi connectivity index (χ1v) is 6.68. The number of rotatable bonds is 1. The molecule has 0 aromatic rings. The maximum Gasteiger partial charge on any atom is -0.0138 e. The van der Waals surface area contributed by atoms with Crippen LogP contribution >= 0.6 is 0 Å². The molecule has 0 radical (unpaired) electrons. The van der Waals surface area contributed by atoms with Gasteiger partial charge in [-0.05, 0) is 26.7 Å². The molecule has 1 aliphatic carbocycles. The molecular formula is C16H30. The summed E-state index contributed by atoms with van der Waals surface area (Å²) in [5, 5.41) is 0. The van der Waals surface area contributed by atoms with Gasteiger partial charge in [-0.1, -0.05) is 76.0 Å². The highest BCUT2D eigenvalue weighted by Crippen LogP contribution is 2.10. The van der Waals surface area contributed by atoms with E-state index >= 15 is 0 Å². The molecule has 0 fully saturated rings. The molecular weight excluding hydrogens is 192 g/mol. The lowest BCUT2D eigenvalue weighted by Gasteiger charge is -1.99. The average Bonchev–Trinajstić information content (AvgIpc) is 2.33. The van der Waals surface area contributed by atoms with Crippen molar-refractivity contribution in [3.05, 3.63) is 35.5 Å². The molecule has 94 valence electrons. The third kappa shape index (κ3) is 13.2. The molecule has 1 rings (SSSR count). The molecule has 0 saturated heterocycles. The molecule has 0 bridgehead atoms. The normalized spacial score (nSPS) is 20.6. The van der Waals surface area contributed by atoms with Crippen LogP contribution in [0.15, 0.2) is 35.5 Å². The van der Waals surface area contributed by atoms with Gasteiger partial charge in [-0.2, -0.15) is 0 Å². The number of unbranched alkanes of at least 4 members (excludes halogenated alkanes) is 1. The first-order chi connectivity index (χ1) is 7.70. The third-order valence-corrected chi connectivity index (χ3v) is 2.20. The van der Waals surface area contributed by atoms with Gasteiger partial charge in [0.2, 0.25) is 0 Å². The lowest BCUT2D eigenvalue weighted by molar-refractivity contribution is 0.886. The summed E-state index contributed by atoms with van der Waals surface area (Å²) in [5.41, 5.74) is 2.88. The lowest BCUT2D eigenvalue weighted by Crippen LogP contribution is -1.79. The molecule has 0 aromatic heterocycles. The molecule has 0 aliphatic heterocycles. The van der Waals surface area contributed by atoms with E-state index in [2.05, 4.69) is 52.0 Å². The van der Waals surface area contributed by atoms with E-state index < -0.39 is 0 Å². The zero-order chi connectivity index (χ0) is 12.8. The number of hydrogen-bond donors (Lipinski definition) is 0. The minimum atomic E-state index is 1.11. The Hall–Kier alpha value is -0.780. The van der Waals surface area contributed by atoms with Crippen molar-refractivity contribution >= 4 is 0 Å². The first-order valence-electron chi connectivity index (χ1n) is 6.68. The van der Waals surface area contributed by atoms with E-state index in [-0.39, 0.29) is 0 Å². The largest absolute Gasteiger partial charge is 0.0842 e. The quantitative estimate of drug-likeness (QED) is 0.473. The Morgan fingerprint density at radius 1 is 0.812 bits per heavy atom. The fourth-order valence-corrected chi connectivity index (χ4v) is 0.959. The van der Waals surface area contributed by atoms with E-state index in [1.54, 1.807) is 0 Å². The highest BCUT2D eigenvalue weighted by atomic mass is 14.0. The van der Waals surface area contributed by atoms with Crippen molar-refractivity contribution in [1.82, 2.24) is 0 Å². The summed E-state index contributed by atoms with van der Waals surface area (Å²) in [6.45, 7) is 12.7. The van der Waals surface area contributed by atoms with Gasteiger partial charge >= 0.3 is 0 Å². The van der Waals surface area contributed by atoms with E-state index in [4.69, 9.17) is 0 Å². The second-order valence-corrected chi connectivity index (χ2v) is 3.91. The standard InChI is InChI=1S/C10H14.C4H10.C2H6/c1-9-5-3-4-6-10(2)8-7-9;1-3-4-2;1-2/h3-4,7-8H,5-6H2,1-2H3;3-4H2,1-2H3;1-2H3/b4-3?,9-7-,10-8-;;. The van der Waals surface area contributed by atoms with Crippen molar-refractivity contribution in [3.8, 4) is 0 Å². The van der Waals surface area contributed by atoms with Crippen molar-refractivity contribution in [2.24, 2.45) is 0 Å². The van der Waals surface area contributed by atoms with E-state index in [0.717, 1.165) is 12.8 Å². The van der Waals surface area contributed by atoms with E-state index in [1.165, 1.54) is 24.0 Å². The molecule has 0 aromatic carbocycles. The zero-order valence-corrected chi connectivity index (χ0v) is 12.1. The van der Waals surface area contributed by atoms with Gasteiger partial charge in [-0.3, -0.25) is 0 Å². The summed E-state index contributed by atoms with van der Waals surface area (Å²) in [7, 11) is 0. The van der Waals surface area contributed by atoms with Crippen molar-refractivity contribution in [2.45, 2.75) is 67.2 Å². The predicted molar refractivity (Wildman–Crippen MR) is 77.8 cm³/mol. The van der Waals surface area contributed by atoms with Gasteiger partial charge in [0.05, 0.1) is 0 Å². The fourth-order valence-electron chi connectivity index (χ4n) is 0.959. The zero-order valence-electron chi connectivity index (χ0n) is 12.1. The predicted octanol–water partition coefficient (Wildman–Crippen LogP) is 6.06. The highest BCUT2D eigenvalue weighted by Gasteiger charge is 1.89. The van der Waals surface area contributed by atoms with E-state index in [9.17, 15) is 0 Å². The summed E-state index contributed by atoms with van der Waals surface area (Å²) in [4.78, 5) is 0. The van der Waals surface area contributed by atoms with Crippen LogP contribution in [0.3, 0.4) is 0 Å². The van der Waals surface area contributed by atoms with Crippen LogP contribution in [0.1, 0.15) is 67.2 Å². The molecule has 0 heterocycles. The van der Waals surface area contributed by atoms with Crippen LogP contribution in [-0.2, 0) is 0 Å². The Labute approximate surface area is 103 Å². The second kappa shape index (κ2) is 14.2. The Bertz CT molecular complexity index is 192. The lowest BCUT2D eigenvalue weighted by atomic mass is 10.1. The van der Waals surface area contributed by atoms with Gasteiger partial charge < -0.3 is 0 Å². The van der Waals surface area contributed by atoms with Crippen LogP contribution in [-0.4, -0.2) is 0 Å². The van der Waals surface area contributed by atoms with Gasteiger partial charge in [0.1, 0.15) is 0 Å². The highest BCUT2D eigenvalue weighted by molar-refractivity contribution is 5.21. The van der Waals surface area contributed by atoms with Crippen molar-refractivity contribution in [1.29, 1.82) is 0 Å². The average molecular weight is 222 g/mol. The van der Waals surface area contributed by atoms with Crippen LogP contribution in [0.4, 0.5) is 0 Å². The van der Waals surface area contributed by atoms with Crippen LogP contribution in [0.25, 0.3) is 0 Å². The van der Waals surface area contributed by atoms with Crippen molar-refractivity contribution < 1.29 is 0 Å². The minimum absolute atomic E-state index is 1.11. The summed E-state index contributed by atoms with van der Waals surface area (Å²) < 4.78 is 0. The molecule has 16 heavy (non-hydrogen) atoms. The van der Waals surface area contributed by atoms with Crippen LogP contribution in [0.5, 0.6) is 0 Å². The summed E-state index contributed by atoms with van der Waals surface area (Å²) >= 11 is 0. The number of allylic oxidation sites excluding steroid dienone is 6. The Morgan fingerprint density at radius 2 is 1.12 bits per heavy atom. The maximum atomic E-state index is 2.24. The number of hydrogen-bond acceptors (Lipinski definition) is 0. The molecule has 0 heteroatoms. The van der Waals surface area contributed by atoms with Crippen molar-refractivity contribution in [2.75, 3.05) is 0 Å². The smallest absolute Gasteiger partial charge is 0.0138 e. The summed E-state index contributed by atoms with van der Waals surface area (Å²) in [6.07, 6.45) is 13.8. The van der Waals surface area contributed by atoms with Crippen LogP contribution in [0.2, 0.25) is 0 Å². The van der Waals surface area contributed by atoms with Crippen LogP contribution in [0, 0.1) is 0 Å². The van der Waals surface area contributed by atoms with E-state index in [0.29, 0.717) is 0 Å². The molecule has 0 atom stereocenters. The van der Waals surface area contributed by atoms with E-state index in [1.807, 2.05) is 13.8 Å². The molecule has 0 spiro atoms.